The number of halogens is 2. The Balaban J connectivity index is 1.77. The number of rotatable bonds is 5. The van der Waals surface area contributed by atoms with Crippen molar-refractivity contribution in [1.29, 1.82) is 0 Å². The quantitative estimate of drug-likeness (QED) is 0.411. The van der Waals surface area contributed by atoms with Crippen LogP contribution >= 0.6 is 35.0 Å². The smallest absolute Gasteiger partial charge is 0.188 e. The van der Waals surface area contributed by atoms with Crippen LogP contribution in [0.1, 0.15) is 20.8 Å². The summed E-state index contributed by atoms with van der Waals surface area (Å²) >= 11 is 13.4. The summed E-state index contributed by atoms with van der Waals surface area (Å²) < 4.78 is 1.70. The molecule has 3 aromatic rings. The number of nitrogens with zero attached hydrogens (tertiary/aromatic N) is 4. The first kappa shape index (κ1) is 19.9. The molecule has 0 saturated carbocycles. The molecule has 1 aromatic carbocycles. The number of imidazole rings is 1. The molecule has 0 radical (unpaired) electrons. The molecular weight excluding hydrogens is 403 g/mol. The highest BCUT2D eigenvalue weighted by atomic mass is 35.5. The van der Waals surface area contributed by atoms with Crippen LogP contribution in [0.3, 0.4) is 0 Å². The lowest BCUT2D eigenvalue weighted by Gasteiger charge is -2.15. The number of thioether (sulfide) groups is 1. The number of hydrogen-bond acceptors (Lipinski definition) is 5. The second kappa shape index (κ2) is 8.00. The predicted molar refractivity (Wildman–Crippen MR) is 110 cm³/mol. The molecule has 0 atom stereocenters. The maximum Gasteiger partial charge on any atom is 0.188 e. The van der Waals surface area contributed by atoms with Gasteiger partial charge >= 0.3 is 0 Å². The van der Waals surface area contributed by atoms with E-state index in [-0.39, 0.29) is 16.4 Å². The number of carbonyl (C=O) groups is 1. The topological polar surface area (TPSA) is 60.7 Å². The van der Waals surface area contributed by atoms with Gasteiger partial charge in [-0.2, -0.15) is 0 Å². The molecule has 0 bridgehead atoms. The minimum atomic E-state index is -0.363. The van der Waals surface area contributed by atoms with Gasteiger partial charge in [-0.3, -0.25) is 9.36 Å². The minimum absolute atomic E-state index is 0.168. The van der Waals surface area contributed by atoms with E-state index in [2.05, 4.69) is 15.0 Å². The SMILES string of the molecule is CC(C)(C)C(=O)CSc1nccc(-c2ccc(-n3cnc(Cl)c3Cl)cc2)n1. The molecule has 0 saturated heterocycles. The van der Waals surface area contributed by atoms with Gasteiger partial charge in [-0.15, -0.1) is 0 Å². The van der Waals surface area contributed by atoms with E-state index in [1.54, 1.807) is 17.1 Å². The van der Waals surface area contributed by atoms with E-state index in [0.717, 1.165) is 16.9 Å². The Labute approximate surface area is 172 Å². The van der Waals surface area contributed by atoms with E-state index < -0.39 is 0 Å². The largest absolute Gasteiger partial charge is 0.298 e. The van der Waals surface area contributed by atoms with E-state index in [9.17, 15) is 4.79 Å². The Hall–Kier alpha value is -1.89. The van der Waals surface area contributed by atoms with Gasteiger partial charge in [0.15, 0.2) is 15.5 Å². The molecule has 8 heteroatoms. The predicted octanol–water partition coefficient (Wildman–Crippen LogP) is 5.34. The van der Waals surface area contributed by atoms with Crippen molar-refractivity contribution < 1.29 is 4.79 Å². The molecule has 0 aliphatic heterocycles. The van der Waals surface area contributed by atoms with Crippen LogP contribution < -0.4 is 0 Å². The zero-order valence-electron chi connectivity index (χ0n) is 15.1. The molecule has 0 unspecified atom stereocenters. The first-order valence-corrected chi connectivity index (χ1v) is 9.98. The molecule has 0 spiro atoms. The number of benzene rings is 1. The van der Waals surface area contributed by atoms with Crippen LogP contribution in [0.25, 0.3) is 16.9 Å². The summed E-state index contributed by atoms with van der Waals surface area (Å²) in [6, 6.07) is 9.55. The fraction of sp³-hybridized carbons (Fsp3) is 0.263. The average Bonchev–Trinajstić information content (AvgIpc) is 2.98. The summed E-state index contributed by atoms with van der Waals surface area (Å²) in [6.07, 6.45) is 3.28. The van der Waals surface area contributed by atoms with Gasteiger partial charge in [-0.25, -0.2) is 15.0 Å². The molecule has 27 heavy (non-hydrogen) atoms. The van der Waals surface area contributed by atoms with Gasteiger partial charge < -0.3 is 0 Å². The normalized spacial score (nSPS) is 11.6. The van der Waals surface area contributed by atoms with Crippen LogP contribution in [-0.2, 0) is 4.79 Å². The summed E-state index contributed by atoms with van der Waals surface area (Å²) in [5, 5.41) is 1.22. The lowest BCUT2D eigenvalue weighted by atomic mass is 9.92. The van der Waals surface area contributed by atoms with Crippen LogP contribution in [0.15, 0.2) is 48.0 Å². The molecule has 140 valence electrons. The maximum atomic E-state index is 12.1. The van der Waals surface area contributed by atoms with Gasteiger partial charge in [0.1, 0.15) is 12.1 Å². The Bertz CT molecular complexity index is 965. The van der Waals surface area contributed by atoms with Crippen molar-refractivity contribution >= 4 is 40.7 Å². The van der Waals surface area contributed by atoms with Crippen molar-refractivity contribution in [3.05, 3.63) is 53.2 Å². The van der Waals surface area contributed by atoms with Gasteiger partial charge in [-0.05, 0) is 18.2 Å². The van der Waals surface area contributed by atoms with Gasteiger partial charge in [0.2, 0.25) is 0 Å². The molecular formula is C19H18Cl2N4OS. The minimum Gasteiger partial charge on any atom is -0.298 e. The van der Waals surface area contributed by atoms with Crippen molar-refractivity contribution in [2.45, 2.75) is 25.9 Å². The van der Waals surface area contributed by atoms with Gasteiger partial charge in [0, 0.05) is 22.9 Å². The summed E-state index contributed by atoms with van der Waals surface area (Å²) in [7, 11) is 0. The molecule has 0 amide bonds. The number of ketones is 1. The van der Waals surface area contributed by atoms with Crippen molar-refractivity contribution in [3.63, 3.8) is 0 Å². The van der Waals surface area contributed by atoms with Gasteiger partial charge in [0.05, 0.1) is 11.4 Å². The van der Waals surface area contributed by atoms with Crippen molar-refractivity contribution in [2.75, 3.05) is 5.75 Å². The summed E-state index contributed by atoms with van der Waals surface area (Å²) in [5.74, 6) is 0.521. The third-order valence-corrected chi connectivity index (χ3v) is 5.51. The summed E-state index contributed by atoms with van der Waals surface area (Å²) in [4.78, 5) is 24.9. The van der Waals surface area contributed by atoms with E-state index in [1.807, 2.05) is 51.1 Å². The molecule has 0 aliphatic rings. The van der Waals surface area contributed by atoms with Crippen LogP contribution in [0.4, 0.5) is 0 Å². The molecule has 2 heterocycles. The van der Waals surface area contributed by atoms with Crippen LogP contribution in [-0.4, -0.2) is 31.1 Å². The van der Waals surface area contributed by atoms with Crippen molar-refractivity contribution in [1.82, 2.24) is 19.5 Å². The van der Waals surface area contributed by atoms with E-state index in [1.165, 1.54) is 11.8 Å². The molecule has 2 aromatic heterocycles. The first-order chi connectivity index (χ1) is 12.8. The van der Waals surface area contributed by atoms with Gasteiger partial charge in [-0.1, -0.05) is 67.9 Å². The second-order valence-electron chi connectivity index (χ2n) is 6.93. The van der Waals surface area contributed by atoms with E-state index in [0.29, 0.717) is 16.1 Å². The summed E-state index contributed by atoms with van der Waals surface area (Å²) in [6.45, 7) is 5.73. The lowest BCUT2D eigenvalue weighted by molar-refractivity contribution is -0.123. The zero-order valence-corrected chi connectivity index (χ0v) is 17.4. The van der Waals surface area contributed by atoms with Crippen LogP contribution in [0, 0.1) is 5.41 Å². The lowest BCUT2D eigenvalue weighted by Crippen LogP contribution is -2.22. The Morgan fingerprint density at radius 3 is 2.41 bits per heavy atom. The van der Waals surface area contributed by atoms with Crippen molar-refractivity contribution in [2.24, 2.45) is 5.41 Å². The molecule has 3 rings (SSSR count). The molecule has 0 aliphatic carbocycles. The third kappa shape index (κ3) is 4.69. The Morgan fingerprint density at radius 2 is 1.81 bits per heavy atom. The first-order valence-electron chi connectivity index (χ1n) is 8.24. The Kier molecular flexibility index (Phi) is 5.89. The van der Waals surface area contributed by atoms with Gasteiger partial charge in [0.25, 0.3) is 0 Å². The molecule has 0 N–H and O–H groups in total. The Morgan fingerprint density at radius 1 is 1.11 bits per heavy atom. The third-order valence-electron chi connectivity index (χ3n) is 3.91. The molecule has 5 nitrogen and oxygen atoms in total. The van der Waals surface area contributed by atoms with Crippen molar-refractivity contribution in [3.8, 4) is 16.9 Å². The van der Waals surface area contributed by atoms with E-state index >= 15 is 0 Å². The highest BCUT2D eigenvalue weighted by Crippen LogP contribution is 2.26. The monoisotopic (exact) mass is 420 g/mol. The number of hydrogen-bond donors (Lipinski definition) is 0. The fourth-order valence-corrected chi connectivity index (χ4v) is 3.52. The van der Waals surface area contributed by atoms with Crippen LogP contribution in [0.2, 0.25) is 10.3 Å². The fourth-order valence-electron chi connectivity index (χ4n) is 2.20. The zero-order chi connectivity index (χ0) is 19.6. The maximum absolute atomic E-state index is 12.1. The number of aromatic nitrogens is 4. The molecule has 0 fully saturated rings. The average molecular weight is 421 g/mol. The standard InChI is InChI=1S/C19H18Cl2N4OS/c1-19(2,3)15(26)10-27-18-22-9-8-14(24-18)12-4-6-13(7-5-12)25-11-23-16(20)17(25)21/h4-9,11H,10H2,1-3H3. The number of carbonyl (C=O) groups excluding carboxylic acids is 1. The van der Waals surface area contributed by atoms with E-state index in [4.69, 9.17) is 23.2 Å². The summed E-state index contributed by atoms with van der Waals surface area (Å²) in [5.41, 5.74) is 2.21. The highest BCUT2D eigenvalue weighted by Gasteiger charge is 2.21. The number of Topliss-reactive ketones (excluding diaryl/α,β-unsaturated/α-hetero) is 1. The van der Waals surface area contributed by atoms with Crippen LogP contribution in [0.5, 0.6) is 0 Å². The highest BCUT2D eigenvalue weighted by molar-refractivity contribution is 7.99. The second-order valence-corrected chi connectivity index (χ2v) is 8.59.